The van der Waals surface area contributed by atoms with Gasteiger partial charge in [0.15, 0.2) is 16.8 Å². The summed E-state index contributed by atoms with van der Waals surface area (Å²) in [4.78, 5) is 36.6. The summed E-state index contributed by atoms with van der Waals surface area (Å²) < 4.78 is 26.6. The fraction of sp³-hybridized carbons (Fsp3) is 0.208. The van der Waals surface area contributed by atoms with Crippen molar-refractivity contribution in [2.24, 2.45) is 0 Å². The number of hydrogen-bond acceptors (Lipinski definition) is 5. The smallest absolute Gasteiger partial charge is 0.270 e. The van der Waals surface area contributed by atoms with E-state index >= 15 is 0 Å². The van der Waals surface area contributed by atoms with Crippen LogP contribution < -0.4 is 5.32 Å². The molecule has 4 aromatic rings. The first-order valence-electron chi connectivity index (χ1n) is 10.8. The number of benzene rings is 2. The molecule has 34 heavy (non-hydrogen) atoms. The number of rotatable bonds is 5. The fourth-order valence-electron chi connectivity index (χ4n) is 3.95. The van der Waals surface area contributed by atoms with Gasteiger partial charge in [-0.1, -0.05) is 18.2 Å². The molecule has 0 spiro atoms. The Hall–Kier alpha value is -3.63. The highest BCUT2D eigenvalue weighted by Crippen LogP contribution is 2.26. The number of hydrogen-bond donors (Lipinski definition) is 2. The summed E-state index contributed by atoms with van der Waals surface area (Å²) in [6.07, 6.45) is 0. The first-order valence-corrected chi connectivity index (χ1v) is 11.6. The molecular weight excluding hydrogens is 460 g/mol. The van der Waals surface area contributed by atoms with Gasteiger partial charge in [0, 0.05) is 48.0 Å². The Bertz CT molecular complexity index is 1330. The van der Waals surface area contributed by atoms with Crippen LogP contribution in [0.5, 0.6) is 0 Å². The molecule has 5 rings (SSSR count). The van der Waals surface area contributed by atoms with E-state index in [-0.39, 0.29) is 18.4 Å². The number of fused-ring (bicyclic) bond motifs is 1. The standard InChI is InChI=1S/C24H21F2N5O2S/c25-17-6-5-16(11-18(17)26)21-14-34-24(28-21)29-22(32)13-30-7-9-31(10-8-30)23(33)20-12-15-3-1-2-4-19(15)27-20/h1-6,11-12,14,27H,7-10,13H2,(H,28,29,32). The zero-order valence-electron chi connectivity index (χ0n) is 18.1. The number of piperazine rings is 1. The van der Waals surface area contributed by atoms with Gasteiger partial charge in [0.1, 0.15) is 5.69 Å². The van der Waals surface area contributed by atoms with Crippen molar-refractivity contribution in [3.8, 4) is 11.3 Å². The van der Waals surface area contributed by atoms with Gasteiger partial charge in [-0.25, -0.2) is 13.8 Å². The van der Waals surface area contributed by atoms with Crippen LogP contribution >= 0.6 is 11.3 Å². The molecule has 10 heteroatoms. The van der Waals surface area contributed by atoms with Crippen LogP contribution in [-0.4, -0.2) is 64.3 Å². The number of nitrogens with one attached hydrogen (secondary N) is 2. The Morgan fingerprint density at radius 2 is 1.82 bits per heavy atom. The fourth-order valence-corrected chi connectivity index (χ4v) is 4.68. The summed E-state index contributed by atoms with van der Waals surface area (Å²) in [5, 5.41) is 5.81. The van der Waals surface area contributed by atoms with Crippen LogP contribution in [0.3, 0.4) is 0 Å². The number of halogens is 2. The molecule has 0 unspecified atom stereocenters. The molecule has 0 radical (unpaired) electrons. The third-order valence-corrected chi connectivity index (χ3v) is 6.51. The lowest BCUT2D eigenvalue weighted by Gasteiger charge is -2.34. The predicted octanol–water partition coefficient (Wildman–Crippen LogP) is 3.97. The van der Waals surface area contributed by atoms with E-state index in [1.807, 2.05) is 35.2 Å². The zero-order valence-corrected chi connectivity index (χ0v) is 18.9. The molecule has 7 nitrogen and oxygen atoms in total. The third kappa shape index (κ3) is 4.68. The Kier molecular flexibility index (Phi) is 6.08. The number of para-hydroxylation sites is 1. The van der Waals surface area contributed by atoms with Crippen molar-refractivity contribution in [2.75, 3.05) is 38.0 Å². The number of carbonyl (C=O) groups is 2. The number of amides is 2. The highest BCUT2D eigenvalue weighted by molar-refractivity contribution is 7.14. The lowest BCUT2D eigenvalue weighted by Crippen LogP contribution is -2.50. The summed E-state index contributed by atoms with van der Waals surface area (Å²) in [5.74, 6) is -2.14. The number of carbonyl (C=O) groups excluding carboxylic acids is 2. The van der Waals surface area contributed by atoms with E-state index in [4.69, 9.17) is 0 Å². The van der Waals surface area contributed by atoms with Gasteiger partial charge in [0.05, 0.1) is 12.2 Å². The normalized spacial score (nSPS) is 14.5. The van der Waals surface area contributed by atoms with Crippen LogP contribution in [0.4, 0.5) is 13.9 Å². The minimum absolute atomic E-state index is 0.0483. The second-order valence-electron chi connectivity index (χ2n) is 8.05. The van der Waals surface area contributed by atoms with Crippen molar-refractivity contribution in [3.05, 3.63) is 71.2 Å². The first-order chi connectivity index (χ1) is 16.5. The van der Waals surface area contributed by atoms with Gasteiger partial charge in [0.2, 0.25) is 5.91 Å². The molecule has 0 atom stereocenters. The van der Waals surface area contributed by atoms with E-state index in [0.29, 0.717) is 48.3 Å². The average Bonchev–Trinajstić information content (AvgIpc) is 3.48. The van der Waals surface area contributed by atoms with E-state index < -0.39 is 11.6 Å². The maximum Gasteiger partial charge on any atom is 0.270 e. The molecule has 2 aromatic carbocycles. The lowest BCUT2D eigenvalue weighted by molar-refractivity contribution is -0.117. The molecule has 3 heterocycles. The average molecular weight is 482 g/mol. The lowest BCUT2D eigenvalue weighted by atomic mass is 10.2. The molecule has 2 aromatic heterocycles. The minimum Gasteiger partial charge on any atom is -0.351 e. The van der Waals surface area contributed by atoms with Crippen molar-refractivity contribution in [1.29, 1.82) is 0 Å². The van der Waals surface area contributed by atoms with Crippen LogP contribution in [0.15, 0.2) is 53.9 Å². The largest absolute Gasteiger partial charge is 0.351 e. The highest BCUT2D eigenvalue weighted by Gasteiger charge is 2.24. The number of thiazole rings is 1. The van der Waals surface area contributed by atoms with Gasteiger partial charge in [-0.2, -0.15) is 0 Å². The van der Waals surface area contributed by atoms with Crippen molar-refractivity contribution < 1.29 is 18.4 Å². The van der Waals surface area contributed by atoms with Gasteiger partial charge in [-0.15, -0.1) is 11.3 Å². The van der Waals surface area contributed by atoms with E-state index in [1.54, 1.807) is 10.3 Å². The summed E-state index contributed by atoms with van der Waals surface area (Å²) in [5.41, 5.74) is 2.39. The van der Waals surface area contributed by atoms with Crippen molar-refractivity contribution in [3.63, 3.8) is 0 Å². The predicted molar refractivity (Wildman–Crippen MR) is 127 cm³/mol. The molecular formula is C24H21F2N5O2S. The number of nitrogens with zero attached hydrogens (tertiary/aromatic N) is 3. The number of aromatic amines is 1. The quantitative estimate of drug-likeness (QED) is 0.452. The zero-order chi connectivity index (χ0) is 23.7. The van der Waals surface area contributed by atoms with Crippen LogP contribution in [0.2, 0.25) is 0 Å². The van der Waals surface area contributed by atoms with Crippen molar-refractivity contribution in [2.45, 2.75) is 0 Å². The molecule has 1 fully saturated rings. The van der Waals surface area contributed by atoms with E-state index in [2.05, 4.69) is 15.3 Å². The van der Waals surface area contributed by atoms with Gasteiger partial charge >= 0.3 is 0 Å². The topological polar surface area (TPSA) is 81.3 Å². The van der Waals surface area contributed by atoms with Crippen LogP contribution in [0.1, 0.15) is 10.5 Å². The summed E-state index contributed by atoms with van der Waals surface area (Å²) >= 11 is 1.21. The van der Waals surface area contributed by atoms with Gasteiger partial charge < -0.3 is 15.2 Å². The maximum atomic E-state index is 13.5. The molecule has 2 N–H and O–H groups in total. The second kappa shape index (κ2) is 9.32. The summed E-state index contributed by atoms with van der Waals surface area (Å²) in [6.45, 7) is 2.39. The SMILES string of the molecule is O=C(CN1CCN(C(=O)c2cc3ccccc3[nH]2)CC1)Nc1nc(-c2ccc(F)c(F)c2)cs1. The molecule has 1 aliphatic rings. The van der Waals surface area contributed by atoms with Gasteiger partial charge in [0.25, 0.3) is 5.91 Å². The molecule has 2 amide bonds. The Labute approximate surface area is 198 Å². The van der Waals surface area contributed by atoms with Gasteiger partial charge in [-0.3, -0.25) is 14.5 Å². The van der Waals surface area contributed by atoms with Crippen molar-refractivity contribution >= 4 is 39.2 Å². The molecule has 0 bridgehead atoms. The minimum atomic E-state index is -0.946. The second-order valence-corrected chi connectivity index (χ2v) is 8.91. The monoisotopic (exact) mass is 481 g/mol. The van der Waals surface area contributed by atoms with E-state index in [1.165, 1.54) is 17.4 Å². The Morgan fingerprint density at radius 3 is 2.59 bits per heavy atom. The van der Waals surface area contributed by atoms with Gasteiger partial charge in [-0.05, 0) is 30.3 Å². The number of aromatic nitrogens is 2. The number of H-pyrrole nitrogens is 1. The third-order valence-electron chi connectivity index (χ3n) is 5.75. The maximum absolute atomic E-state index is 13.5. The Balaban J connectivity index is 1.13. The van der Waals surface area contributed by atoms with E-state index in [9.17, 15) is 18.4 Å². The molecule has 1 saturated heterocycles. The molecule has 0 aliphatic carbocycles. The van der Waals surface area contributed by atoms with Crippen molar-refractivity contribution in [1.82, 2.24) is 19.8 Å². The van der Waals surface area contributed by atoms with Crippen LogP contribution in [0.25, 0.3) is 22.2 Å². The van der Waals surface area contributed by atoms with E-state index in [0.717, 1.165) is 23.0 Å². The summed E-state index contributed by atoms with van der Waals surface area (Å²) in [7, 11) is 0. The van der Waals surface area contributed by atoms with Crippen LogP contribution in [-0.2, 0) is 4.79 Å². The van der Waals surface area contributed by atoms with Crippen LogP contribution in [0, 0.1) is 11.6 Å². The highest BCUT2D eigenvalue weighted by atomic mass is 32.1. The molecule has 1 aliphatic heterocycles. The first kappa shape index (κ1) is 22.2. The molecule has 174 valence electrons. The number of anilines is 1. The Morgan fingerprint density at radius 1 is 1.03 bits per heavy atom. The molecule has 0 saturated carbocycles. The summed E-state index contributed by atoms with van der Waals surface area (Å²) in [6, 6.07) is 13.2.